The molecule has 1 N–H and O–H groups in total. The molecule has 0 aromatic carbocycles. The van der Waals surface area contributed by atoms with Crippen LogP contribution in [0.3, 0.4) is 0 Å². The summed E-state index contributed by atoms with van der Waals surface area (Å²) in [5.74, 6) is 0. The summed E-state index contributed by atoms with van der Waals surface area (Å²) >= 11 is 0. The summed E-state index contributed by atoms with van der Waals surface area (Å²) < 4.78 is 5.71. The smallest absolute Gasteiger partial charge is 0.0940 e. The molecule has 1 aliphatic rings. The fourth-order valence-corrected chi connectivity index (χ4v) is 2.90. The highest BCUT2D eigenvalue weighted by atomic mass is 16.5. The van der Waals surface area contributed by atoms with Crippen molar-refractivity contribution in [2.45, 2.75) is 56.7 Å². The van der Waals surface area contributed by atoms with Gasteiger partial charge in [0.05, 0.1) is 11.7 Å². The van der Waals surface area contributed by atoms with Crippen LogP contribution in [-0.2, 0) is 11.2 Å². The second-order valence-corrected chi connectivity index (χ2v) is 5.22. The molecular formula is C15H23NO2. The van der Waals surface area contributed by atoms with Crippen molar-refractivity contribution in [3.05, 3.63) is 30.1 Å². The molecule has 2 rings (SSSR count). The van der Waals surface area contributed by atoms with E-state index >= 15 is 0 Å². The van der Waals surface area contributed by atoms with Gasteiger partial charge in [0.2, 0.25) is 0 Å². The molecule has 0 radical (unpaired) electrons. The molecule has 1 saturated carbocycles. The van der Waals surface area contributed by atoms with E-state index in [4.69, 9.17) is 4.74 Å². The van der Waals surface area contributed by atoms with Gasteiger partial charge in [-0.25, -0.2) is 0 Å². The summed E-state index contributed by atoms with van der Waals surface area (Å²) in [6, 6.07) is 5.82. The van der Waals surface area contributed by atoms with Crippen LogP contribution in [0.4, 0.5) is 0 Å². The van der Waals surface area contributed by atoms with Crippen LogP contribution in [0.2, 0.25) is 0 Å². The number of methoxy groups -OCH3 is 1. The predicted molar refractivity (Wildman–Crippen MR) is 71.4 cm³/mol. The second-order valence-electron chi connectivity index (χ2n) is 5.22. The third-order valence-electron chi connectivity index (χ3n) is 4.09. The van der Waals surface area contributed by atoms with Crippen LogP contribution in [0.15, 0.2) is 24.4 Å². The first-order chi connectivity index (χ1) is 8.77. The highest BCUT2D eigenvalue weighted by Gasteiger charge is 2.38. The van der Waals surface area contributed by atoms with Gasteiger partial charge in [-0.05, 0) is 25.0 Å². The lowest BCUT2D eigenvalue weighted by Crippen LogP contribution is -2.45. The summed E-state index contributed by atoms with van der Waals surface area (Å²) in [6.07, 6.45) is 8.59. The zero-order chi connectivity index (χ0) is 12.8. The molecule has 0 saturated heterocycles. The topological polar surface area (TPSA) is 42.4 Å². The average molecular weight is 249 g/mol. The number of ether oxygens (including phenoxy) is 1. The lowest BCUT2D eigenvalue weighted by molar-refractivity contribution is -0.111. The molecule has 1 atom stereocenters. The maximum Gasteiger partial charge on any atom is 0.0940 e. The number of hydrogen-bond donors (Lipinski definition) is 1. The van der Waals surface area contributed by atoms with E-state index in [9.17, 15) is 5.11 Å². The number of nitrogens with zero attached hydrogens (tertiary/aromatic N) is 1. The SMILES string of the molecule is COC1(C(O)Cc2ccccn2)CCCCCC1. The van der Waals surface area contributed by atoms with Gasteiger partial charge < -0.3 is 9.84 Å². The van der Waals surface area contributed by atoms with Crippen LogP contribution in [0.5, 0.6) is 0 Å². The van der Waals surface area contributed by atoms with Crippen molar-refractivity contribution in [1.82, 2.24) is 4.98 Å². The van der Waals surface area contributed by atoms with Crippen LogP contribution in [0, 0.1) is 0 Å². The third kappa shape index (κ3) is 3.09. The van der Waals surface area contributed by atoms with Crippen LogP contribution in [-0.4, -0.2) is 28.9 Å². The minimum atomic E-state index is -0.463. The monoisotopic (exact) mass is 249 g/mol. The highest BCUT2D eigenvalue weighted by molar-refractivity contribution is 5.07. The molecule has 100 valence electrons. The van der Waals surface area contributed by atoms with E-state index < -0.39 is 6.10 Å². The van der Waals surface area contributed by atoms with Crippen molar-refractivity contribution >= 4 is 0 Å². The number of pyridine rings is 1. The fraction of sp³-hybridized carbons (Fsp3) is 0.667. The molecule has 3 heteroatoms. The van der Waals surface area contributed by atoms with Crippen molar-refractivity contribution in [1.29, 1.82) is 0 Å². The maximum absolute atomic E-state index is 10.5. The molecule has 0 spiro atoms. The molecule has 1 unspecified atom stereocenters. The molecule has 18 heavy (non-hydrogen) atoms. The summed E-state index contributed by atoms with van der Waals surface area (Å²) in [4.78, 5) is 4.29. The minimum absolute atomic E-state index is 0.367. The zero-order valence-electron chi connectivity index (χ0n) is 11.1. The lowest BCUT2D eigenvalue weighted by atomic mass is 9.85. The minimum Gasteiger partial charge on any atom is -0.390 e. The molecular weight excluding hydrogens is 226 g/mol. The second kappa shape index (κ2) is 6.30. The lowest BCUT2D eigenvalue weighted by Gasteiger charge is -2.36. The molecule has 0 bridgehead atoms. The van der Waals surface area contributed by atoms with E-state index in [2.05, 4.69) is 4.98 Å². The van der Waals surface area contributed by atoms with Gasteiger partial charge in [-0.3, -0.25) is 4.98 Å². The highest BCUT2D eigenvalue weighted by Crippen LogP contribution is 2.34. The Kier molecular flexibility index (Phi) is 4.72. The van der Waals surface area contributed by atoms with E-state index in [-0.39, 0.29) is 5.60 Å². The van der Waals surface area contributed by atoms with E-state index in [1.165, 1.54) is 12.8 Å². The predicted octanol–water partition coefficient (Wildman–Crippen LogP) is 2.72. The van der Waals surface area contributed by atoms with E-state index in [1.807, 2.05) is 18.2 Å². The van der Waals surface area contributed by atoms with Crippen molar-refractivity contribution < 1.29 is 9.84 Å². The van der Waals surface area contributed by atoms with Crippen LogP contribution in [0.25, 0.3) is 0 Å². The molecule has 3 nitrogen and oxygen atoms in total. The quantitative estimate of drug-likeness (QED) is 0.834. The van der Waals surface area contributed by atoms with E-state index in [1.54, 1.807) is 13.3 Å². The molecule has 1 fully saturated rings. The first kappa shape index (κ1) is 13.5. The summed E-state index contributed by atoms with van der Waals surface area (Å²) in [5.41, 5.74) is 0.569. The van der Waals surface area contributed by atoms with Crippen molar-refractivity contribution in [3.8, 4) is 0 Å². The normalized spacial score (nSPS) is 21.2. The Labute approximate surface area is 109 Å². The number of hydrogen-bond acceptors (Lipinski definition) is 3. The van der Waals surface area contributed by atoms with Crippen LogP contribution in [0.1, 0.15) is 44.2 Å². The van der Waals surface area contributed by atoms with Gasteiger partial charge in [0.25, 0.3) is 0 Å². The molecule has 1 aromatic rings. The Morgan fingerprint density at radius 2 is 2.00 bits per heavy atom. The van der Waals surface area contributed by atoms with Crippen molar-refractivity contribution in [2.75, 3.05) is 7.11 Å². The number of aliphatic hydroxyl groups excluding tert-OH is 1. The average Bonchev–Trinajstić information content (AvgIpc) is 2.66. The van der Waals surface area contributed by atoms with Gasteiger partial charge in [-0.15, -0.1) is 0 Å². The van der Waals surface area contributed by atoms with Gasteiger partial charge in [-0.2, -0.15) is 0 Å². The molecule has 0 aliphatic heterocycles. The number of aliphatic hydroxyl groups is 1. The first-order valence-electron chi connectivity index (χ1n) is 6.90. The standard InChI is InChI=1S/C15H23NO2/c1-18-15(9-5-2-3-6-10-15)14(17)12-13-8-4-7-11-16-13/h4,7-8,11,14,17H,2-3,5-6,9-10,12H2,1H3. The Balaban J connectivity index is 2.06. The van der Waals surface area contributed by atoms with Gasteiger partial charge in [0.15, 0.2) is 0 Å². The zero-order valence-corrected chi connectivity index (χ0v) is 11.1. The van der Waals surface area contributed by atoms with E-state index in [0.29, 0.717) is 6.42 Å². The molecule has 1 heterocycles. The Morgan fingerprint density at radius 3 is 2.56 bits per heavy atom. The largest absolute Gasteiger partial charge is 0.390 e. The molecule has 1 aliphatic carbocycles. The van der Waals surface area contributed by atoms with Gasteiger partial charge in [0.1, 0.15) is 0 Å². The van der Waals surface area contributed by atoms with E-state index in [0.717, 1.165) is 31.4 Å². The third-order valence-corrected chi connectivity index (χ3v) is 4.09. The molecule has 1 aromatic heterocycles. The maximum atomic E-state index is 10.5. The first-order valence-corrected chi connectivity index (χ1v) is 6.90. The van der Waals surface area contributed by atoms with Gasteiger partial charge in [0, 0.05) is 25.4 Å². The summed E-state index contributed by atoms with van der Waals surface area (Å²) in [7, 11) is 1.73. The van der Waals surface area contributed by atoms with Gasteiger partial charge >= 0.3 is 0 Å². The van der Waals surface area contributed by atoms with Crippen LogP contribution < -0.4 is 0 Å². The van der Waals surface area contributed by atoms with Gasteiger partial charge in [-0.1, -0.05) is 31.7 Å². The summed E-state index contributed by atoms with van der Waals surface area (Å²) in [5, 5.41) is 10.5. The Bertz CT molecular complexity index is 345. The van der Waals surface area contributed by atoms with Crippen molar-refractivity contribution in [3.63, 3.8) is 0 Å². The number of aromatic nitrogens is 1. The van der Waals surface area contributed by atoms with Crippen LogP contribution >= 0.6 is 0 Å². The summed E-state index contributed by atoms with van der Waals surface area (Å²) in [6.45, 7) is 0. The van der Waals surface area contributed by atoms with Crippen molar-refractivity contribution in [2.24, 2.45) is 0 Å². The fourth-order valence-electron chi connectivity index (χ4n) is 2.90. The number of rotatable bonds is 4. The Hall–Kier alpha value is -0.930. The Morgan fingerprint density at radius 1 is 1.28 bits per heavy atom. The molecule has 0 amide bonds.